The molecule has 0 spiro atoms. The predicted molar refractivity (Wildman–Crippen MR) is 94.3 cm³/mol. The second-order valence-corrected chi connectivity index (χ2v) is 8.80. The molecule has 0 radical (unpaired) electrons. The molecule has 1 aromatic rings. The number of benzene rings is 1. The van der Waals surface area contributed by atoms with E-state index in [1.807, 2.05) is 0 Å². The second-order valence-electron chi connectivity index (χ2n) is 8.80. The van der Waals surface area contributed by atoms with Gasteiger partial charge in [-0.2, -0.15) is 0 Å². The summed E-state index contributed by atoms with van der Waals surface area (Å²) in [6.07, 6.45) is 3.71. The number of carbonyl (C=O) groups excluding carboxylic acids is 1. The molecule has 2 heteroatoms. The molecular weight excluding hydrogens is 284 g/mol. The number of ketones is 1. The number of carbonyl (C=O) groups is 1. The third-order valence-electron chi connectivity index (χ3n) is 6.32. The lowest BCUT2D eigenvalue weighted by Gasteiger charge is -2.53. The minimum Gasteiger partial charge on any atom is -0.496 e. The number of methoxy groups -OCH3 is 1. The van der Waals surface area contributed by atoms with Gasteiger partial charge in [-0.3, -0.25) is 4.79 Å². The Bertz CT molecular complexity index is 641. The van der Waals surface area contributed by atoms with Gasteiger partial charge in [-0.15, -0.1) is 0 Å². The first-order chi connectivity index (χ1) is 10.7. The summed E-state index contributed by atoms with van der Waals surface area (Å²) in [7, 11) is 1.76. The highest BCUT2D eigenvalue weighted by molar-refractivity contribution is 5.82. The topological polar surface area (TPSA) is 26.3 Å². The van der Waals surface area contributed by atoms with Crippen LogP contribution >= 0.6 is 0 Å². The molecule has 1 fully saturated rings. The van der Waals surface area contributed by atoms with E-state index in [0.717, 1.165) is 18.6 Å². The van der Waals surface area contributed by atoms with Crippen LogP contribution in [0.1, 0.15) is 76.5 Å². The maximum absolute atomic E-state index is 12.4. The van der Waals surface area contributed by atoms with E-state index in [0.29, 0.717) is 24.0 Å². The van der Waals surface area contributed by atoms with Gasteiger partial charge in [-0.05, 0) is 52.8 Å². The lowest BCUT2D eigenvalue weighted by Crippen LogP contribution is -2.50. The first kappa shape index (κ1) is 16.5. The van der Waals surface area contributed by atoms with Crippen LogP contribution in [0, 0.1) is 11.3 Å². The average molecular weight is 314 g/mol. The van der Waals surface area contributed by atoms with Crippen molar-refractivity contribution in [3.63, 3.8) is 0 Å². The van der Waals surface area contributed by atoms with Gasteiger partial charge in [0.2, 0.25) is 0 Å². The number of hydrogen-bond donors (Lipinski definition) is 0. The van der Waals surface area contributed by atoms with Gasteiger partial charge in [-0.1, -0.05) is 40.7 Å². The summed E-state index contributed by atoms with van der Waals surface area (Å²) in [4.78, 5) is 12.4. The molecule has 2 nitrogen and oxygen atoms in total. The zero-order valence-electron chi connectivity index (χ0n) is 15.5. The van der Waals surface area contributed by atoms with Crippen molar-refractivity contribution in [3.8, 4) is 5.75 Å². The predicted octanol–water partition coefficient (Wildman–Crippen LogP) is 5.03. The first-order valence-corrected chi connectivity index (χ1v) is 8.92. The quantitative estimate of drug-likeness (QED) is 0.765. The molecule has 2 atom stereocenters. The number of fused-ring (bicyclic) bond motifs is 3. The fourth-order valence-electron chi connectivity index (χ4n) is 5.39. The highest BCUT2D eigenvalue weighted by Gasteiger charge is 2.52. The lowest BCUT2D eigenvalue weighted by atomic mass is 9.50. The van der Waals surface area contributed by atoms with E-state index in [4.69, 9.17) is 4.74 Å². The van der Waals surface area contributed by atoms with E-state index in [2.05, 4.69) is 46.8 Å². The number of rotatable bonds is 2. The van der Waals surface area contributed by atoms with Crippen LogP contribution in [0.2, 0.25) is 0 Å². The zero-order chi connectivity index (χ0) is 17.0. The molecule has 0 aliphatic heterocycles. The molecular formula is C21H30O2. The molecule has 3 rings (SSSR count). The van der Waals surface area contributed by atoms with E-state index >= 15 is 0 Å². The van der Waals surface area contributed by atoms with Crippen molar-refractivity contribution in [3.05, 3.63) is 28.8 Å². The molecule has 0 saturated heterocycles. The van der Waals surface area contributed by atoms with Gasteiger partial charge in [-0.25, -0.2) is 0 Å². The Balaban J connectivity index is 2.17. The molecule has 0 aromatic heterocycles. The number of hydrogen-bond acceptors (Lipinski definition) is 2. The Morgan fingerprint density at radius 3 is 2.48 bits per heavy atom. The summed E-state index contributed by atoms with van der Waals surface area (Å²) >= 11 is 0. The van der Waals surface area contributed by atoms with Crippen LogP contribution in [-0.4, -0.2) is 12.9 Å². The largest absolute Gasteiger partial charge is 0.496 e. The fourth-order valence-corrected chi connectivity index (χ4v) is 5.39. The normalized spacial score (nSPS) is 29.2. The highest BCUT2D eigenvalue weighted by atomic mass is 16.5. The number of aryl methyl sites for hydroxylation is 1. The van der Waals surface area contributed by atoms with Gasteiger partial charge in [0.05, 0.1) is 7.11 Å². The highest BCUT2D eigenvalue weighted by Crippen LogP contribution is 2.56. The van der Waals surface area contributed by atoms with Crippen LogP contribution < -0.4 is 4.74 Å². The lowest BCUT2D eigenvalue weighted by molar-refractivity contribution is -0.129. The Hall–Kier alpha value is -1.31. The van der Waals surface area contributed by atoms with Crippen molar-refractivity contribution in [2.75, 3.05) is 7.11 Å². The van der Waals surface area contributed by atoms with E-state index in [9.17, 15) is 4.79 Å². The van der Waals surface area contributed by atoms with Crippen molar-refractivity contribution in [2.45, 2.75) is 71.6 Å². The SMILES string of the molecule is COc1cc2c(cc1C(C)C)CC[C@H]1C(C)(C)CC(=O)C[C@]21C. The molecule has 23 heavy (non-hydrogen) atoms. The van der Waals surface area contributed by atoms with E-state index in [1.54, 1.807) is 7.11 Å². The van der Waals surface area contributed by atoms with Crippen LogP contribution in [0.25, 0.3) is 0 Å². The summed E-state index contributed by atoms with van der Waals surface area (Å²) in [5.41, 5.74) is 4.12. The molecule has 0 heterocycles. The molecule has 0 N–H and O–H groups in total. The molecule has 0 unspecified atom stereocenters. The Morgan fingerprint density at radius 2 is 1.87 bits per heavy atom. The Kier molecular flexibility index (Phi) is 3.85. The monoisotopic (exact) mass is 314 g/mol. The molecule has 1 aromatic carbocycles. The number of Topliss-reactive ketones (excluding diaryl/α,β-unsaturated/α-hetero) is 1. The maximum atomic E-state index is 12.4. The van der Waals surface area contributed by atoms with Gasteiger partial charge in [0, 0.05) is 18.3 Å². The van der Waals surface area contributed by atoms with Crippen LogP contribution in [-0.2, 0) is 16.6 Å². The van der Waals surface area contributed by atoms with Crippen LogP contribution in [0.4, 0.5) is 0 Å². The van der Waals surface area contributed by atoms with Gasteiger partial charge in [0.25, 0.3) is 0 Å². The van der Waals surface area contributed by atoms with Crippen molar-refractivity contribution in [2.24, 2.45) is 11.3 Å². The standard InChI is InChI=1S/C21H30O2/c1-13(2)16-9-14-7-8-19-20(3,4)11-15(22)12-21(19,5)17(14)10-18(16)23-6/h9-10,13,19H,7-8,11-12H2,1-6H3/t19-,21+/m0/s1. The van der Waals surface area contributed by atoms with Crippen LogP contribution in [0.5, 0.6) is 5.75 Å². The fraction of sp³-hybridized carbons (Fsp3) is 0.667. The van der Waals surface area contributed by atoms with Gasteiger partial charge in [0.15, 0.2) is 0 Å². The molecule has 2 aliphatic rings. The Morgan fingerprint density at radius 1 is 1.17 bits per heavy atom. The minimum atomic E-state index is -0.0464. The average Bonchev–Trinajstić information content (AvgIpc) is 2.44. The van der Waals surface area contributed by atoms with E-state index in [1.165, 1.54) is 23.1 Å². The molecule has 126 valence electrons. The van der Waals surface area contributed by atoms with Crippen molar-refractivity contribution < 1.29 is 9.53 Å². The van der Waals surface area contributed by atoms with Gasteiger partial charge in [0.1, 0.15) is 11.5 Å². The minimum absolute atomic E-state index is 0.0464. The second kappa shape index (κ2) is 5.36. The molecule has 0 amide bonds. The van der Waals surface area contributed by atoms with E-state index in [-0.39, 0.29) is 10.8 Å². The molecule has 2 aliphatic carbocycles. The van der Waals surface area contributed by atoms with E-state index < -0.39 is 0 Å². The maximum Gasteiger partial charge on any atom is 0.134 e. The van der Waals surface area contributed by atoms with Gasteiger partial charge >= 0.3 is 0 Å². The van der Waals surface area contributed by atoms with Crippen LogP contribution in [0.3, 0.4) is 0 Å². The summed E-state index contributed by atoms with van der Waals surface area (Å²) < 4.78 is 5.69. The Labute approximate surface area is 140 Å². The summed E-state index contributed by atoms with van der Waals surface area (Å²) in [5.74, 6) is 2.41. The smallest absolute Gasteiger partial charge is 0.134 e. The summed E-state index contributed by atoms with van der Waals surface area (Å²) in [6, 6.07) is 4.58. The van der Waals surface area contributed by atoms with Crippen molar-refractivity contribution in [1.29, 1.82) is 0 Å². The van der Waals surface area contributed by atoms with Crippen LogP contribution in [0.15, 0.2) is 12.1 Å². The third-order valence-corrected chi connectivity index (χ3v) is 6.32. The van der Waals surface area contributed by atoms with Crippen molar-refractivity contribution >= 4 is 5.78 Å². The van der Waals surface area contributed by atoms with Crippen molar-refractivity contribution in [1.82, 2.24) is 0 Å². The van der Waals surface area contributed by atoms with Gasteiger partial charge < -0.3 is 4.74 Å². The first-order valence-electron chi connectivity index (χ1n) is 8.92. The zero-order valence-corrected chi connectivity index (χ0v) is 15.5. The molecule has 1 saturated carbocycles. The summed E-state index contributed by atoms with van der Waals surface area (Å²) in [6.45, 7) is 11.3. The number of ether oxygens (including phenoxy) is 1. The molecule has 0 bridgehead atoms. The summed E-state index contributed by atoms with van der Waals surface area (Å²) in [5, 5.41) is 0. The third kappa shape index (κ3) is 2.51.